The van der Waals surface area contributed by atoms with Crippen molar-refractivity contribution in [1.29, 1.82) is 0 Å². The molecule has 5 nitrogen and oxygen atoms in total. The highest BCUT2D eigenvalue weighted by Crippen LogP contribution is 2.18. The monoisotopic (exact) mass is 354 g/mol. The van der Waals surface area contributed by atoms with E-state index in [0.717, 1.165) is 16.6 Å². The van der Waals surface area contributed by atoms with E-state index in [2.05, 4.69) is 21.2 Å². The molecule has 0 bridgehead atoms. The van der Waals surface area contributed by atoms with Gasteiger partial charge in [0.1, 0.15) is 5.82 Å². The second-order valence-electron chi connectivity index (χ2n) is 5.34. The summed E-state index contributed by atoms with van der Waals surface area (Å²) in [5, 5.41) is 3.50. The normalized spacial score (nSPS) is 10.3. The van der Waals surface area contributed by atoms with E-state index in [1.54, 1.807) is 24.3 Å². The first-order chi connectivity index (χ1) is 12.0. The van der Waals surface area contributed by atoms with E-state index in [-0.39, 0.29) is 16.7 Å². The first kappa shape index (κ1) is 16.8. The maximum atomic E-state index is 13.6. The average molecular weight is 354 g/mol. The largest absolute Gasteiger partial charge is 0.329 e. The zero-order valence-corrected chi connectivity index (χ0v) is 14.2. The smallest absolute Gasteiger partial charge is 0.270 e. The summed E-state index contributed by atoms with van der Waals surface area (Å²) in [5.74, 6) is -0.798. The zero-order valence-electron chi connectivity index (χ0n) is 13.3. The van der Waals surface area contributed by atoms with Crippen molar-refractivity contribution in [3.63, 3.8) is 0 Å². The number of pyridine rings is 1. The van der Waals surface area contributed by atoms with Crippen LogP contribution in [0.15, 0.2) is 54.6 Å². The van der Waals surface area contributed by atoms with E-state index in [1.165, 1.54) is 6.07 Å². The number of aryl methyl sites for hydroxylation is 1. The molecule has 0 spiro atoms. The zero-order chi connectivity index (χ0) is 17.8. The molecular formula is C18H15FN4OS. The van der Waals surface area contributed by atoms with Gasteiger partial charge in [0.05, 0.1) is 16.8 Å². The van der Waals surface area contributed by atoms with E-state index in [4.69, 9.17) is 12.2 Å². The molecule has 0 radical (unpaired) electrons. The molecule has 3 N–H and O–H groups in total. The Morgan fingerprint density at radius 1 is 1.08 bits per heavy atom. The van der Waals surface area contributed by atoms with Crippen molar-refractivity contribution >= 4 is 39.8 Å². The van der Waals surface area contributed by atoms with E-state index in [1.807, 2.05) is 31.2 Å². The minimum Gasteiger partial charge on any atom is -0.329 e. The number of hydrogen-bond acceptors (Lipinski definition) is 3. The Balaban J connectivity index is 1.71. The van der Waals surface area contributed by atoms with Crippen LogP contribution in [0.3, 0.4) is 0 Å². The predicted molar refractivity (Wildman–Crippen MR) is 99.7 cm³/mol. The molecular weight excluding hydrogens is 339 g/mol. The topological polar surface area (TPSA) is 66.1 Å². The molecule has 126 valence electrons. The molecule has 25 heavy (non-hydrogen) atoms. The van der Waals surface area contributed by atoms with Crippen molar-refractivity contribution in [2.45, 2.75) is 6.92 Å². The minimum absolute atomic E-state index is 0.0773. The molecule has 0 atom stereocenters. The highest BCUT2D eigenvalue weighted by molar-refractivity contribution is 7.80. The molecule has 7 heteroatoms. The van der Waals surface area contributed by atoms with Crippen LogP contribution in [0.1, 0.15) is 16.1 Å². The third-order valence-corrected chi connectivity index (χ3v) is 3.70. The summed E-state index contributed by atoms with van der Waals surface area (Å²) < 4.78 is 13.6. The quantitative estimate of drug-likeness (QED) is 0.487. The van der Waals surface area contributed by atoms with Crippen LogP contribution in [0.25, 0.3) is 10.9 Å². The third kappa shape index (κ3) is 3.89. The molecule has 0 saturated heterocycles. The number of fused-ring (bicyclic) bond motifs is 1. The maximum absolute atomic E-state index is 13.6. The molecule has 0 aliphatic rings. The number of thiocarbonyl (C=S) groups is 1. The van der Waals surface area contributed by atoms with Crippen LogP contribution in [0, 0.1) is 12.7 Å². The maximum Gasteiger partial charge on any atom is 0.270 e. The Hall–Kier alpha value is -3.06. The number of hydrogen-bond donors (Lipinski definition) is 3. The van der Waals surface area contributed by atoms with E-state index in [0.29, 0.717) is 5.56 Å². The van der Waals surface area contributed by atoms with Crippen LogP contribution in [-0.2, 0) is 0 Å². The van der Waals surface area contributed by atoms with Gasteiger partial charge < -0.3 is 5.32 Å². The molecule has 0 aliphatic heterocycles. The first-order valence-corrected chi connectivity index (χ1v) is 7.93. The van der Waals surface area contributed by atoms with Gasteiger partial charge in [0.2, 0.25) is 0 Å². The fourth-order valence-corrected chi connectivity index (χ4v) is 2.55. The van der Waals surface area contributed by atoms with E-state index in [9.17, 15) is 9.18 Å². The Morgan fingerprint density at radius 2 is 1.80 bits per heavy atom. The first-order valence-electron chi connectivity index (χ1n) is 7.53. The molecule has 3 aromatic rings. The van der Waals surface area contributed by atoms with E-state index < -0.39 is 5.82 Å². The van der Waals surface area contributed by atoms with Crippen molar-refractivity contribution in [2.75, 3.05) is 5.32 Å². The predicted octanol–water partition coefficient (Wildman–Crippen LogP) is 3.31. The molecule has 2 aromatic carbocycles. The second kappa shape index (κ2) is 7.23. The van der Waals surface area contributed by atoms with Gasteiger partial charge in [-0.05, 0) is 43.4 Å². The van der Waals surface area contributed by atoms with Crippen LogP contribution in [0.4, 0.5) is 10.1 Å². The van der Waals surface area contributed by atoms with Gasteiger partial charge in [-0.15, -0.1) is 0 Å². The molecule has 0 saturated carbocycles. The molecule has 3 rings (SSSR count). The average Bonchev–Trinajstić information content (AvgIpc) is 2.61. The minimum atomic E-state index is -0.436. The molecule has 1 aromatic heterocycles. The van der Waals surface area contributed by atoms with Crippen molar-refractivity contribution in [3.8, 4) is 0 Å². The van der Waals surface area contributed by atoms with Gasteiger partial charge in [-0.2, -0.15) is 0 Å². The fourth-order valence-electron chi connectivity index (χ4n) is 2.39. The second-order valence-corrected chi connectivity index (χ2v) is 5.75. The highest BCUT2D eigenvalue weighted by atomic mass is 32.1. The molecule has 0 aliphatic carbocycles. The lowest BCUT2D eigenvalue weighted by molar-refractivity contribution is 0.0945. The lowest BCUT2D eigenvalue weighted by Gasteiger charge is -2.13. The standard InChI is InChI=1S/C18H15FN4OS/c1-11-10-13(12-6-2-4-8-15(12)20-11)17(24)22-23-18(25)21-16-9-5-3-7-14(16)19/h2-10H,1H3,(H,22,24)(H2,21,23,25). The summed E-state index contributed by atoms with van der Waals surface area (Å²) in [6.07, 6.45) is 0. The summed E-state index contributed by atoms with van der Waals surface area (Å²) in [5.41, 5.74) is 7.26. The summed E-state index contributed by atoms with van der Waals surface area (Å²) in [4.78, 5) is 16.9. The summed E-state index contributed by atoms with van der Waals surface area (Å²) in [7, 11) is 0. The highest BCUT2D eigenvalue weighted by Gasteiger charge is 2.12. The van der Waals surface area contributed by atoms with Crippen molar-refractivity contribution < 1.29 is 9.18 Å². The number of para-hydroxylation sites is 2. The van der Waals surface area contributed by atoms with Crippen molar-refractivity contribution in [3.05, 3.63) is 71.7 Å². The van der Waals surface area contributed by atoms with E-state index >= 15 is 0 Å². The van der Waals surface area contributed by atoms with Crippen molar-refractivity contribution in [2.24, 2.45) is 0 Å². The number of amides is 1. The number of hydrazine groups is 1. The van der Waals surface area contributed by atoms with Crippen molar-refractivity contribution in [1.82, 2.24) is 15.8 Å². The Morgan fingerprint density at radius 3 is 2.60 bits per heavy atom. The summed E-state index contributed by atoms with van der Waals surface area (Å²) in [6, 6.07) is 15.2. The molecule has 1 amide bonds. The Bertz CT molecular complexity index is 961. The van der Waals surface area contributed by atoms with Gasteiger partial charge in [-0.3, -0.25) is 20.6 Å². The van der Waals surface area contributed by atoms with Crippen LogP contribution < -0.4 is 16.2 Å². The third-order valence-electron chi connectivity index (χ3n) is 3.50. The van der Waals surface area contributed by atoms with Gasteiger partial charge in [0.15, 0.2) is 5.11 Å². The van der Waals surface area contributed by atoms with Gasteiger partial charge in [0.25, 0.3) is 5.91 Å². The fraction of sp³-hybridized carbons (Fsp3) is 0.0556. The SMILES string of the molecule is Cc1cc(C(=O)NNC(=S)Nc2ccccc2F)c2ccccc2n1. The van der Waals surface area contributed by atoms with Crippen LogP contribution in [0.5, 0.6) is 0 Å². The number of carbonyl (C=O) groups is 1. The Labute approximate surface area is 149 Å². The molecule has 1 heterocycles. The number of anilines is 1. The number of nitrogens with one attached hydrogen (secondary N) is 3. The summed E-state index contributed by atoms with van der Waals surface area (Å²) >= 11 is 5.07. The number of benzene rings is 2. The Kier molecular flexibility index (Phi) is 4.85. The number of rotatable bonds is 2. The summed E-state index contributed by atoms with van der Waals surface area (Å²) in [6.45, 7) is 1.82. The van der Waals surface area contributed by atoms with Gasteiger partial charge in [0, 0.05) is 11.1 Å². The van der Waals surface area contributed by atoms with Crippen LogP contribution in [-0.4, -0.2) is 16.0 Å². The number of halogens is 1. The van der Waals surface area contributed by atoms with Gasteiger partial charge in [-0.1, -0.05) is 30.3 Å². The van der Waals surface area contributed by atoms with Crippen LogP contribution >= 0.6 is 12.2 Å². The molecule has 0 fully saturated rings. The lowest BCUT2D eigenvalue weighted by atomic mass is 10.1. The van der Waals surface area contributed by atoms with Crippen LogP contribution in [0.2, 0.25) is 0 Å². The van der Waals surface area contributed by atoms with Gasteiger partial charge >= 0.3 is 0 Å². The molecule has 0 unspecified atom stereocenters. The number of carbonyl (C=O) groups excluding carboxylic acids is 1. The number of aromatic nitrogens is 1. The lowest BCUT2D eigenvalue weighted by Crippen LogP contribution is -2.44. The van der Waals surface area contributed by atoms with Gasteiger partial charge in [-0.25, -0.2) is 4.39 Å². The number of nitrogens with zero attached hydrogens (tertiary/aromatic N) is 1.